The molecule has 2 aromatic rings. The van der Waals surface area contributed by atoms with E-state index in [1.165, 1.54) is 12.4 Å². The summed E-state index contributed by atoms with van der Waals surface area (Å²) < 4.78 is 5.29. The van der Waals surface area contributed by atoms with Gasteiger partial charge in [0.05, 0.1) is 17.4 Å². The lowest BCUT2D eigenvalue weighted by atomic mass is 10.1. The summed E-state index contributed by atoms with van der Waals surface area (Å²) in [6.07, 6.45) is 3.27. The van der Waals surface area contributed by atoms with Crippen molar-refractivity contribution < 1.29 is 14.3 Å². The third-order valence-electron chi connectivity index (χ3n) is 4.20. The second kappa shape index (κ2) is 8.65. The number of hydrogen-bond acceptors (Lipinski definition) is 6. The highest BCUT2D eigenvalue weighted by molar-refractivity contribution is 6.30. The molecule has 8 nitrogen and oxygen atoms in total. The number of rotatable bonds is 4. The van der Waals surface area contributed by atoms with Gasteiger partial charge >= 0.3 is 6.09 Å². The van der Waals surface area contributed by atoms with Crippen molar-refractivity contribution in [2.24, 2.45) is 0 Å². The molecule has 154 valence electrons. The fraction of sp³-hybridized carbons (Fsp3) is 0.400. The number of halogens is 1. The van der Waals surface area contributed by atoms with Gasteiger partial charge in [0.25, 0.3) is 5.91 Å². The second-order valence-electron chi connectivity index (χ2n) is 7.90. The first-order chi connectivity index (χ1) is 13.7. The van der Waals surface area contributed by atoms with Crippen LogP contribution >= 0.6 is 11.6 Å². The maximum Gasteiger partial charge on any atom is 0.413 e. The van der Waals surface area contributed by atoms with Crippen molar-refractivity contribution in [3.63, 3.8) is 0 Å². The Hall–Kier alpha value is -2.87. The zero-order chi connectivity index (χ0) is 21.0. The molecule has 1 aliphatic rings. The monoisotopic (exact) mass is 417 g/mol. The van der Waals surface area contributed by atoms with Gasteiger partial charge in [-0.1, -0.05) is 17.7 Å². The summed E-state index contributed by atoms with van der Waals surface area (Å²) in [6.45, 7) is 6.73. The number of nitrogens with one attached hydrogen (secondary N) is 2. The summed E-state index contributed by atoms with van der Waals surface area (Å²) in [5, 5.41) is 6.40. The Kier molecular flexibility index (Phi) is 6.22. The summed E-state index contributed by atoms with van der Waals surface area (Å²) in [5.41, 5.74) is 0.0602. The molecule has 1 saturated heterocycles. The Morgan fingerprint density at radius 3 is 2.66 bits per heavy atom. The molecule has 2 N–H and O–H groups in total. The largest absolute Gasteiger partial charge is 0.413 e. The number of carbonyl (C=O) groups is 2. The molecule has 0 aliphatic carbocycles. The smallest absolute Gasteiger partial charge is 0.410 e. The van der Waals surface area contributed by atoms with Gasteiger partial charge in [-0.2, -0.15) is 0 Å². The molecule has 3 rings (SSSR count). The highest BCUT2D eigenvalue weighted by Crippen LogP contribution is 2.20. The van der Waals surface area contributed by atoms with Crippen LogP contribution in [0, 0.1) is 0 Å². The third kappa shape index (κ3) is 6.05. The van der Waals surface area contributed by atoms with Crippen LogP contribution in [0.5, 0.6) is 5.75 Å². The van der Waals surface area contributed by atoms with E-state index >= 15 is 0 Å². The highest BCUT2D eigenvalue weighted by Gasteiger charge is 2.27. The molecule has 29 heavy (non-hydrogen) atoms. The van der Waals surface area contributed by atoms with E-state index in [1.807, 2.05) is 20.8 Å². The fourth-order valence-corrected chi connectivity index (χ4v) is 3.04. The Morgan fingerprint density at radius 2 is 1.97 bits per heavy atom. The molecule has 9 heteroatoms. The average molecular weight is 418 g/mol. The Bertz CT molecular complexity index is 882. The van der Waals surface area contributed by atoms with Crippen LogP contribution in [0.2, 0.25) is 5.02 Å². The lowest BCUT2D eigenvalue weighted by Crippen LogP contribution is -2.42. The summed E-state index contributed by atoms with van der Waals surface area (Å²) in [7, 11) is 0. The van der Waals surface area contributed by atoms with Crippen molar-refractivity contribution in [2.75, 3.05) is 18.4 Å². The molecular weight excluding hydrogens is 394 g/mol. The minimum atomic E-state index is -0.560. The first kappa shape index (κ1) is 20.9. The molecule has 0 bridgehead atoms. The van der Waals surface area contributed by atoms with Crippen LogP contribution in [0.1, 0.15) is 37.6 Å². The molecular formula is C20H24ClN5O3. The van der Waals surface area contributed by atoms with E-state index in [0.717, 1.165) is 6.42 Å². The molecule has 0 unspecified atom stereocenters. The number of benzene rings is 1. The quantitative estimate of drug-likeness (QED) is 0.791. The molecule has 1 aromatic carbocycles. The van der Waals surface area contributed by atoms with Crippen LogP contribution in [0.3, 0.4) is 0 Å². The van der Waals surface area contributed by atoms with Crippen LogP contribution in [0.15, 0.2) is 36.7 Å². The van der Waals surface area contributed by atoms with Gasteiger partial charge in [0.15, 0.2) is 0 Å². The molecule has 1 aromatic heterocycles. The fourth-order valence-electron chi connectivity index (χ4n) is 2.95. The zero-order valence-corrected chi connectivity index (χ0v) is 17.4. The zero-order valence-electron chi connectivity index (χ0n) is 16.6. The third-order valence-corrected chi connectivity index (χ3v) is 4.39. The van der Waals surface area contributed by atoms with Crippen LogP contribution in [0.4, 0.5) is 10.7 Å². The maximum atomic E-state index is 12.8. The van der Waals surface area contributed by atoms with Gasteiger partial charge < -0.3 is 20.3 Å². The van der Waals surface area contributed by atoms with E-state index in [2.05, 4.69) is 20.6 Å². The normalized spacial score (nSPS) is 16.4. The summed E-state index contributed by atoms with van der Waals surface area (Å²) >= 11 is 5.80. The predicted molar refractivity (Wildman–Crippen MR) is 110 cm³/mol. The number of nitrogens with zero attached hydrogens (tertiary/aromatic N) is 3. The van der Waals surface area contributed by atoms with Gasteiger partial charge in [-0.15, -0.1) is 0 Å². The van der Waals surface area contributed by atoms with Crippen LogP contribution in [-0.4, -0.2) is 51.5 Å². The topological polar surface area (TPSA) is 96.5 Å². The maximum absolute atomic E-state index is 12.8. The molecule has 1 fully saturated rings. The number of anilines is 1. The molecule has 1 atom stereocenters. The van der Waals surface area contributed by atoms with Crippen molar-refractivity contribution >= 4 is 29.5 Å². The number of aromatic nitrogens is 2. The van der Waals surface area contributed by atoms with Crippen LogP contribution < -0.4 is 15.4 Å². The van der Waals surface area contributed by atoms with Crippen molar-refractivity contribution in [1.29, 1.82) is 0 Å². The van der Waals surface area contributed by atoms with Crippen molar-refractivity contribution in [3.05, 3.63) is 47.2 Å². The molecule has 0 radical (unpaired) electrons. The van der Waals surface area contributed by atoms with Gasteiger partial charge in [-0.25, -0.2) is 14.8 Å². The van der Waals surface area contributed by atoms with E-state index in [9.17, 15) is 9.59 Å². The lowest BCUT2D eigenvalue weighted by Gasteiger charge is -2.20. The van der Waals surface area contributed by atoms with Crippen molar-refractivity contribution in [2.45, 2.75) is 38.8 Å². The molecule has 2 amide bonds. The van der Waals surface area contributed by atoms with Gasteiger partial charge in [0, 0.05) is 30.2 Å². The molecule has 1 aliphatic heterocycles. The highest BCUT2D eigenvalue weighted by atomic mass is 35.5. The number of carbonyl (C=O) groups excluding carboxylic acids is 2. The minimum Gasteiger partial charge on any atom is -0.410 e. The number of amides is 2. The van der Waals surface area contributed by atoms with E-state index in [1.54, 1.807) is 29.2 Å². The van der Waals surface area contributed by atoms with Gasteiger partial charge in [0.1, 0.15) is 5.75 Å². The summed E-state index contributed by atoms with van der Waals surface area (Å²) in [6, 6.07) is 6.68. The van der Waals surface area contributed by atoms with Crippen LogP contribution in [0.25, 0.3) is 0 Å². The van der Waals surface area contributed by atoms with Gasteiger partial charge in [-0.05, 0) is 45.4 Å². The molecule has 2 heterocycles. The first-order valence-corrected chi connectivity index (χ1v) is 9.71. The summed E-state index contributed by atoms with van der Waals surface area (Å²) in [4.78, 5) is 34.8. The van der Waals surface area contributed by atoms with Gasteiger partial charge in [-0.3, -0.25) is 4.79 Å². The Labute approximate surface area is 174 Å². The van der Waals surface area contributed by atoms with E-state index in [-0.39, 0.29) is 11.9 Å². The lowest BCUT2D eigenvalue weighted by molar-refractivity contribution is 0.0791. The number of likely N-dealkylation sites (tertiary alicyclic amines) is 1. The number of hydrogen-bond donors (Lipinski definition) is 2. The second-order valence-corrected chi connectivity index (χ2v) is 8.33. The van der Waals surface area contributed by atoms with Gasteiger partial charge in [0.2, 0.25) is 5.95 Å². The minimum absolute atomic E-state index is 0.0529. The van der Waals surface area contributed by atoms with E-state index < -0.39 is 11.6 Å². The first-order valence-electron chi connectivity index (χ1n) is 9.33. The predicted octanol–water partition coefficient (Wildman–Crippen LogP) is 3.34. The van der Waals surface area contributed by atoms with Crippen LogP contribution in [-0.2, 0) is 0 Å². The standard InChI is InChI=1S/C20H24ClN5O3/c1-20(2,3)25-19(28)29-16-6-4-5-13(9-16)17(27)26-8-7-15(12-26)24-18-22-10-14(21)11-23-18/h4-6,9-11,15H,7-8,12H2,1-3H3,(H,25,28)(H,22,23,24)/t15-/m1/s1. The Balaban J connectivity index is 1.59. The number of ether oxygens (including phenoxy) is 1. The molecule has 0 spiro atoms. The van der Waals surface area contributed by atoms with E-state index in [0.29, 0.717) is 35.4 Å². The van der Waals surface area contributed by atoms with Crippen molar-refractivity contribution in [1.82, 2.24) is 20.2 Å². The van der Waals surface area contributed by atoms with E-state index in [4.69, 9.17) is 16.3 Å². The SMILES string of the molecule is CC(C)(C)NC(=O)Oc1cccc(C(=O)N2CC[C@@H](Nc3ncc(Cl)cn3)C2)c1. The molecule has 0 saturated carbocycles. The summed E-state index contributed by atoms with van der Waals surface area (Å²) in [5.74, 6) is 0.683. The average Bonchev–Trinajstić information content (AvgIpc) is 3.10. The van der Waals surface area contributed by atoms with Crippen molar-refractivity contribution in [3.8, 4) is 5.75 Å². The Morgan fingerprint density at radius 1 is 1.24 bits per heavy atom.